The molecule has 1 amide bonds. The average molecular weight is 483 g/mol. The molecular weight excluding hydrogens is 466 g/mol. The van der Waals surface area contributed by atoms with Crippen molar-refractivity contribution in [2.45, 2.75) is 37.3 Å². The highest BCUT2D eigenvalue weighted by Crippen LogP contribution is 2.32. The molecular formula is C19H17ClF6N4O2. The van der Waals surface area contributed by atoms with Crippen molar-refractivity contribution in [1.29, 1.82) is 0 Å². The predicted molar refractivity (Wildman–Crippen MR) is 102 cm³/mol. The fourth-order valence-electron chi connectivity index (χ4n) is 3.30. The van der Waals surface area contributed by atoms with Gasteiger partial charge in [-0.1, -0.05) is 23.7 Å². The van der Waals surface area contributed by atoms with Crippen molar-refractivity contribution in [3.05, 3.63) is 52.4 Å². The lowest BCUT2D eigenvalue weighted by atomic mass is 10.1. The first-order chi connectivity index (χ1) is 14.8. The van der Waals surface area contributed by atoms with Crippen LogP contribution in [0.4, 0.5) is 32.2 Å². The molecule has 2 aromatic rings. The van der Waals surface area contributed by atoms with Crippen molar-refractivity contribution in [1.82, 2.24) is 15.3 Å². The van der Waals surface area contributed by atoms with Crippen LogP contribution in [0.1, 0.15) is 23.4 Å². The van der Waals surface area contributed by atoms with E-state index in [1.165, 1.54) is 17.0 Å². The van der Waals surface area contributed by atoms with Gasteiger partial charge in [0.1, 0.15) is 17.0 Å². The third-order valence-electron chi connectivity index (χ3n) is 4.81. The van der Waals surface area contributed by atoms with Crippen LogP contribution in [0.25, 0.3) is 0 Å². The van der Waals surface area contributed by atoms with E-state index in [0.29, 0.717) is 5.56 Å². The number of benzene rings is 1. The molecule has 2 atom stereocenters. The molecule has 3 rings (SSSR count). The number of aliphatic hydroxyl groups is 1. The molecule has 0 unspecified atom stereocenters. The number of hydrogen-bond acceptors (Lipinski definition) is 5. The molecule has 13 heteroatoms. The molecule has 0 saturated carbocycles. The van der Waals surface area contributed by atoms with Crippen LogP contribution in [0.5, 0.6) is 0 Å². The summed E-state index contributed by atoms with van der Waals surface area (Å²) < 4.78 is 76.8. The summed E-state index contributed by atoms with van der Waals surface area (Å²) in [5.74, 6) is -2.30. The lowest BCUT2D eigenvalue weighted by Gasteiger charge is -2.25. The number of aromatic nitrogens is 2. The highest BCUT2D eigenvalue weighted by molar-refractivity contribution is 6.29. The van der Waals surface area contributed by atoms with Crippen LogP contribution >= 0.6 is 11.6 Å². The standard InChI is InChI=1S/C19H17ClF6N4O2/c20-14-8-15(29-17(28-14)19(24,25)26)30-9-12(31)7-13(30)16(32)27-6-5-10-1-3-11(4-2-10)18(21,22)23/h1-4,8,12-13,31H,5-7,9H2,(H,27,32)/t12-,13-/m0/s1. The average Bonchev–Trinajstić information content (AvgIpc) is 3.08. The van der Waals surface area contributed by atoms with Crippen molar-refractivity contribution >= 4 is 23.3 Å². The van der Waals surface area contributed by atoms with Gasteiger partial charge >= 0.3 is 12.4 Å². The Morgan fingerprint density at radius 3 is 2.38 bits per heavy atom. The first-order valence-corrected chi connectivity index (χ1v) is 9.72. The van der Waals surface area contributed by atoms with Gasteiger partial charge in [0.05, 0.1) is 11.7 Å². The van der Waals surface area contributed by atoms with Gasteiger partial charge < -0.3 is 15.3 Å². The molecule has 0 aliphatic carbocycles. The van der Waals surface area contributed by atoms with E-state index in [2.05, 4.69) is 15.3 Å². The maximum absolute atomic E-state index is 13.0. The van der Waals surface area contributed by atoms with E-state index in [4.69, 9.17) is 11.6 Å². The maximum Gasteiger partial charge on any atom is 0.451 e. The van der Waals surface area contributed by atoms with Crippen molar-refractivity contribution in [2.75, 3.05) is 18.0 Å². The minimum absolute atomic E-state index is 0.0465. The van der Waals surface area contributed by atoms with Crippen LogP contribution in [0.2, 0.25) is 5.15 Å². The molecule has 2 N–H and O–H groups in total. The zero-order chi connectivity index (χ0) is 23.7. The first-order valence-electron chi connectivity index (χ1n) is 9.35. The Morgan fingerprint density at radius 2 is 1.78 bits per heavy atom. The summed E-state index contributed by atoms with van der Waals surface area (Å²) in [6.07, 6.45) is -10.1. The highest BCUT2D eigenvalue weighted by atomic mass is 35.5. The number of alkyl halides is 6. The molecule has 0 spiro atoms. The molecule has 0 radical (unpaired) electrons. The van der Waals surface area contributed by atoms with Gasteiger partial charge in [0.2, 0.25) is 11.7 Å². The summed E-state index contributed by atoms with van der Waals surface area (Å²) in [7, 11) is 0. The van der Waals surface area contributed by atoms with Crippen LogP contribution in [-0.2, 0) is 23.6 Å². The summed E-state index contributed by atoms with van der Waals surface area (Å²) >= 11 is 5.68. The normalized spacial score (nSPS) is 19.3. The molecule has 2 heterocycles. The van der Waals surface area contributed by atoms with Crippen LogP contribution in [-0.4, -0.2) is 46.2 Å². The number of aliphatic hydroxyl groups excluding tert-OH is 1. The van der Waals surface area contributed by atoms with Crippen LogP contribution in [0, 0.1) is 0 Å². The summed E-state index contributed by atoms with van der Waals surface area (Å²) in [5.41, 5.74) is -0.235. The SMILES string of the molecule is O=C(NCCc1ccc(C(F)(F)F)cc1)[C@@H]1C[C@H](O)CN1c1cc(Cl)nc(C(F)(F)F)n1. The maximum atomic E-state index is 13.0. The first kappa shape index (κ1) is 24.1. The van der Waals surface area contributed by atoms with Crippen LogP contribution < -0.4 is 10.2 Å². The van der Waals surface area contributed by atoms with Crippen LogP contribution in [0.15, 0.2) is 30.3 Å². The number of amides is 1. The van der Waals surface area contributed by atoms with Gasteiger partial charge in [-0.15, -0.1) is 0 Å². The number of hydrogen-bond donors (Lipinski definition) is 2. The summed E-state index contributed by atoms with van der Waals surface area (Å²) in [6, 6.07) is 4.51. The number of nitrogens with zero attached hydrogens (tertiary/aromatic N) is 3. The largest absolute Gasteiger partial charge is 0.451 e. The van der Waals surface area contributed by atoms with Gasteiger partial charge in [0, 0.05) is 25.6 Å². The molecule has 1 aliphatic heterocycles. The van der Waals surface area contributed by atoms with Crippen molar-refractivity contribution < 1.29 is 36.2 Å². The third kappa shape index (κ3) is 5.80. The molecule has 174 valence electrons. The Balaban J connectivity index is 1.66. The molecule has 1 fully saturated rings. The number of anilines is 1. The highest BCUT2D eigenvalue weighted by Gasteiger charge is 2.40. The van der Waals surface area contributed by atoms with Crippen molar-refractivity contribution in [2.24, 2.45) is 0 Å². The van der Waals surface area contributed by atoms with Gasteiger partial charge in [-0.05, 0) is 24.1 Å². The Morgan fingerprint density at radius 1 is 1.12 bits per heavy atom. The van der Waals surface area contributed by atoms with E-state index in [-0.39, 0.29) is 31.7 Å². The van der Waals surface area contributed by atoms with E-state index >= 15 is 0 Å². The minimum Gasteiger partial charge on any atom is -0.391 e. The second-order valence-electron chi connectivity index (χ2n) is 7.16. The topological polar surface area (TPSA) is 78.4 Å². The number of halogens is 7. The van der Waals surface area contributed by atoms with Gasteiger partial charge in [-0.3, -0.25) is 4.79 Å². The van der Waals surface area contributed by atoms with Crippen LogP contribution in [0.3, 0.4) is 0 Å². The Kier molecular flexibility index (Phi) is 6.84. The molecule has 1 aliphatic rings. The third-order valence-corrected chi connectivity index (χ3v) is 5.00. The number of β-amino-alcohol motifs (C(OH)–C–C–N with tert-alkyl or cyclic N) is 1. The van der Waals surface area contributed by atoms with Gasteiger partial charge in [-0.2, -0.15) is 26.3 Å². The fraction of sp³-hybridized carbons (Fsp3) is 0.421. The monoisotopic (exact) mass is 482 g/mol. The smallest absolute Gasteiger partial charge is 0.391 e. The van der Waals surface area contributed by atoms with E-state index in [9.17, 15) is 36.2 Å². The number of carbonyl (C=O) groups is 1. The molecule has 0 bridgehead atoms. The second-order valence-corrected chi connectivity index (χ2v) is 7.55. The lowest BCUT2D eigenvalue weighted by Crippen LogP contribution is -2.44. The summed E-state index contributed by atoms with van der Waals surface area (Å²) in [6.45, 7) is -0.0649. The Bertz CT molecular complexity index is 968. The van der Waals surface area contributed by atoms with E-state index in [1.54, 1.807) is 0 Å². The summed E-state index contributed by atoms with van der Waals surface area (Å²) in [5, 5.41) is 12.1. The number of nitrogens with one attached hydrogen (secondary N) is 1. The van der Waals surface area contributed by atoms with E-state index < -0.39 is 46.9 Å². The number of carbonyl (C=O) groups excluding carboxylic acids is 1. The van der Waals surface area contributed by atoms with Crippen molar-refractivity contribution in [3.8, 4) is 0 Å². The van der Waals surface area contributed by atoms with Gasteiger partial charge in [-0.25, -0.2) is 9.97 Å². The second kappa shape index (κ2) is 9.10. The van der Waals surface area contributed by atoms with E-state index in [0.717, 1.165) is 18.2 Å². The molecule has 32 heavy (non-hydrogen) atoms. The van der Waals surface area contributed by atoms with E-state index in [1.807, 2.05) is 0 Å². The Hall–Kier alpha value is -2.60. The fourth-order valence-corrected chi connectivity index (χ4v) is 3.48. The predicted octanol–water partition coefficient (Wildman–Crippen LogP) is 3.47. The van der Waals surface area contributed by atoms with Crippen molar-refractivity contribution in [3.63, 3.8) is 0 Å². The molecule has 1 aromatic heterocycles. The van der Waals surface area contributed by atoms with Gasteiger partial charge in [0.25, 0.3) is 0 Å². The zero-order valence-electron chi connectivity index (χ0n) is 16.2. The molecule has 1 aromatic carbocycles. The Labute approximate surface area is 183 Å². The number of rotatable bonds is 5. The quantitative estimate of drug-likeness (QED) is 0.504. The molecule has 6 nitrogen and oxygen atoms in total. The minimum atomic E-state index is -4.85. The lowest BCUT2D eigenvalue weighted by molar-refractivity contribution is -0.145. The summed E-state index contributed by atoms with van der Waals surface area (Å²) in [4.78, 5) is 20.4. The molecule has 1 saturated heterocycles. The zero-order valence-corrected chi connectivity index (χ0v) is 17.0. The van der Waals surface area contributed by atoms with Gasteiger partial charge in [0.15, 0.2) is 0 Å².